The van der Waals surface area contributed by atoms with E-state index in [2.05, 4.69) is 16.0 Å². The van der Waals surface area contributed by atoms with Crippen molar-refractivity contribution in [2.45, 2.75) is 44.4 Å². The first-order chi connectivity index (χ1) is 13.3. The highest BCUT2D eigenvalue weighted by molar-refractivity contribution is 5.82. The summed E-state index contributed by atoms with van der Waals surface area (Å²) in [7, 11) is 0. The standard InChI is InChI=1S/C19H25F3N4O2/c20-19(21,22)14-2-1-3-15(10-14)25-18(28)24-11-13-4-6-16(7-5-13)26-9-8-23-17(27)12-26/h4-7,14-15H,1-3,8-12H2,(H,23,27)(H2,24,25,28). The van der Waals surface area contributed by atoms with Gasteiger partial charge in [-0.25, -0.2) is 4.79 Å². The van der Waals surface area contributed by atoms with Gasteiger partial charge in [-0.3, -0.25) is 4.79 Å². The first-order valence-electron chi connectivity index (χ1n) is 9.53. The second-order valence-electron chi connectivity index (χ2n) is 7.37. The number of hydrogen-bond donors (Lipinski definition) is 3. The summed E-state index contributed by atoms with van der Waals surface area (Å²) in [5.41, 5.74) is 1.81. The average molecular weight is 398 g/mol. The first kappa shape index (κ1) is 20.3. The molecule has 1 heterocycles. The fraction of sp³-hybridized carbons (Fsp3) is 0.579. The third-order valence-corrected chi connectivity index (χ3v) is 5.27. The summed E-state index contributed by atoms with van der Waals surface area (Å²) in [5, 5.41) is 8.13. The van der Waals surface area contributed by atoms with Crippen LogP contribution in [0.2, 0.25) is 0 Å². The smallest absolute Gasteiger partial charge is 0.360 e. The summed E-state index contributed by atoms with van der Waals surface area (Å²) < 4.78 is 38.6. The molecule has 1 saturated heterocycles. The minimum atomic E-state index is -4.20. The van der Waals surface area contributed by atoms with Gasteiger partial charge in [0.1, 0.15) is 0 Å². The summed E-state index contributed by atoms with van der Waals surface area (Å²) >= 11 is 0. The number of carbonyl (C=O) groups is 2. The predicted octanol–water partition coefficient (Wildman–Crippen LogP) is 2.54. The zero-order valence-corrected chi connectivity index (χ0v) is 15.5. The Morgan fingerprint density at radius 3 is 2.64 bits per heavy atom. The monoisotopic (exact) mass is 398 g/mol. The molecule has 0 aromatic heterocycles. The number of anilines is 1. The van der Waals surface area contributed by atoms with Gasteiger partial charge in [-0.2, -0.15) is 13.2 Å². The normalized spacial score (nSPS) is 23.1. The van der Waals surface area contributed by atoms with Crippen LogP contribution < -0.4 is 20.9 Å². The van der Waals surface area contributed by atoms with Crippen molar-refractivity contribution in [3.05, 3.63) is 29.8 Å². The largest absolute Gasteiger partial charge is 0.391 e. The van der Waals surface area contributed by atoms with Gasteiger partial charge in [0.15, 0.2) is 0 Å². The highest BCUT2D eigenvalue weighted by Gasteiger charge is 2.42. The third-order valence-electron chi connectivity index (χ3n) is 5.27. The van der Waals surface area contributed by atoms with Crippen LogP contribution in [0, 0.1) is 5.92 Å². The van der Waals surface area contributed by atoms with Crippen LogP contribution in [0.5, 0.6) is 0 Å². The number of nitrogens with zero attached hydrogens (tertiary/aromatic N) is 1. The second kappa shape index (κ2) is 8.70. The molecule has 3 N–H and O–H groups in total. The van der Waals surface area contributed by atoms with Gasteiger partial charge in [0.05, 0.1) is 12.5 Å². The molecule has 154 valence electrons. The van der Waals surface area contributed by atoms with Crippen molar-refractivity contribution in [3.63, 3.8) is 0 Å². The van der Waals surface area contributed by atoms with Crippen LogP contribution >= 0.6 is 0 Å². The number of halogens is 3. The zero-order valence-electron chi connectivity index (χ0n) is 15.5. The Balaban J connectivity index is 1.45. The molecule has 6 nitrogen and oxygen atoms in total. The van der Waals surface area contributed by atoms with Crippen LogP contribution in [0.1, 0.15) is 31.2 Å². The maximum atomic E-state index is 12.9. The van der Waals surface area contributed by atoms with Crippen molar-refractivity contribution in [1.29, 1.82) is 0 Å². The minimum Gasteiger partial charge on any atom is -0.360 e. The van der Waals surface area contributed by atoms with Crippen molar-refractivity contribution in [2.24, 2.45) is 5.92 Å². The van der Waals surface area contributed by atoms with E-state index in [4.69, 9.17) is 0 Å². The van der Waals surface area contributed by atoms with Gasteiger partial charge in [-0.15, -0.1) is 0 Å². The topological polar surface area (TPSA) is 73.5 Å². The summed E-state index contributed by atoms with van der Waals surface area (Å²) in [6.45, 7) is 1.95. The van der Waals surface area contributed by atoms with E-state index in [1.54, 1.807) is 0 Å². The van der Waals surface area contributed by atoms with Crippen LogP contribution in [0.15, 0.2) is 24.3 Å². The number of piperazine rings is 1. The Kier molecular flexibility index (Phi) is 6.31. The molecule has 1 aromatic carbocycles. The average Bonchev–Trinajstić information content (AvgIpc) is 2.66. The molecule has 1 aliphatic carbocycles. The fourth-order valence-corrected chi connectivity index (χ4v) is 3.72. The van der Waals surface area contributed by atoms with Crippen LogP contribution in [0.25, 0.3) is 0 Å². The lowest BCUT2D eigenvalue weighted by molar-refractivity contribution is -0.183. The SMILES string of the molecule is O=C1CN(c2ccc(CNC(=O)NC3CCCC(C(F)(F)F)C3)cc2)CCN1. The summed E-state index contributed by atoms with van der Waals surface area (Å²) in [5.74, 6) is -1.35. The Bertz CT molecular complexity index is 693. The summed E-state index contributed by atoms with van der Waals surface area (Å²) in [6.07, 6.45) is -3.10. The van der Waals surface area contributed by atoms with Gasteiger partial charge in [-0.05, 0) is 37.0 Å². The highest BCUT2D eigenvalue weighted by atomic mass is 19.4. The lowest BCUT2D eigenvalue weighted by atomic mass is 9.85. The number of nitrogens with one attached hydrogen (secondary N) is 3. The quantitative estimate of drug-likeness (QED) is 0.730. The van der Waals surface area contributed by atoms with Gasteiger partial charge >= 0.3 is 12.2 Å². The molecule has 2 atom stereocenters. The van der Waals surface area contributed by atoms with E-state index in [1.165, 1.54) is 0 Å². The van der Waals surface area contributed by atoms with E-state index in [0.717, 1.165) is 17.8 Å². The zero-order chi connectivity index (χ0) is 20.1. The maximum absolute atomic E-state index is 12.9. The number of urea groups is 1. The number of benzene rings is 1. The molecule has 1 aliphatic heterocycles. The molecule has 0 spiro atoms. The molecular formula is C19H25F3N4O2. The molecule has 3 rings (SSSR count). The Hall–Kier alpha value is -2.45. The molecule has 2 unspecified atom stereocenters. The molecular weight excluding hydrogens is 373 g/mol. The van der Waals surface area contributed by atoms with Crippen molar-refractivity contribution in [3.8, 4) is 0 Å². The van der Waals surface area contributed by atoms with E-state index < -0.39 is 24.2 Å². The number of amides is 3. The van der Waals surface area contributed by atoms with Crippen LogP contribution in [0.4, 0.5) is 23.7 Å². The van der Waals surface area contributed by atoms with Crippen LogP contribution in [-0.4, -0.2) is 43.8 Å². The molecule has 2 aliphatic rings. The molecule has 0 bridgehead atoms. The predicted molar refractivity (Wildman–Crippen MR) is 98.8 cm³/mol. The maximum Gasteiger partial charge on any atom is 0.391 e. The van der Waals surface area contributed by atoms with E-state index >= 15 is 0 Å². The summed E-state index contributed by atoms with van der Waals surface area (Å²) in [6, 6.07) is 6.60. The van der Waals surface area contributed by atoms with Gasteiger partial charge in [0, 0.05) is 31.4 Å². The second-order valence-corrected chi connectivity index (χ2v) is 7.37. The number of rotatable bonds is 4. The molecule has 28 heavy (non-hydrogen) atoms. The van der Waals surface area contributed by atoms with Crippen LogP contribution in [0.3, 0.4) is 0 Å². The van der Waals surface area contributed by atoms with E-state index in [0.29, 0.717) is 25.9 Å². The lowest BCUT2D eigenvalue weighted by Crippen LogP contribution is -2.47. The molecule has 2 fully saturated rings. The summed E-state index contributed by atoms with van der Waals surface area (Å²) in [4.78, 5) is 25.5. The van der Waals surface area contributed by atoms with Crippen molar-refractivity contribution in [1.82, 2.24) is 16.0 Å². The fourth-order valence-electron chi connectivity index (χ4n) is 3.72. The Morgan fingerprint density at radius 1 is 1.21 bits per heavy atom. The Labute approximate surface area is 161 Å². The van der Waals surface area contributed by atoms with Gasteiger partial charge < -0.3 is 20.9 Å². The third kappa shape index (κ3) is 5.53. The van der Waals surface area contributed by atoms with Crippen LogP contribution in [-0.2, 0) is 11.3 Å². The molecule has 3 amide bonds. The number of hydrogen-bond acceptors (Lipinski definition) is 3. The van der Waals surface area contributed by atoms with Crippen molar-refractivity contribution < 1.29 is 22.8 Å². The molecule has 0 radical (unpaired) electrons. The lowest BCUT2D eigenvalue weighted by Gasteiger charge is -2.31. The van der Waals surface area contributed by atoms with Crippen molar-refractivity contribution >= 4 is 17.6 Å². The Morgan fingerprint density at radius 2 is 1.96 bits per heavy atom. The molecule has 1 saturated carbocycles. The van der Waals surface area contributed by atoms with E-state index in [-0.39, 0.29) is 25.3 Å². The van der Waals surface area contributed by atoms with Gasteiger partial charge in [0.2, 0.25) is 5.91 Å². The van der Waals surface area contributed by atoms with E-state index in [1.807, 2.05) is 29.2 Å². The minimum absolute atomic E-state index is 0.0101. The van der Waals surface area contributed by atoms with Gasteiger partial charge in [-0.1, -0.05) is 18.6 Å². The number of carbonyl (C=O) groups excluding carboxylic acids is 2. The van der Waals surface area contributed by atoms with E-state index in [9.17, 15) is 22.8 Å². The van der Waals surface area contributed by atoms with Gasteiger partial charge in [0.25, 0.3) is 0 Å². The molecule has 9 heteroatoms. The number of alkyl halides is 3. The molecule has 1 aromatic rings. The van der Waals surface area contributed by atoms with Crippen molar-refractivity contribution in [2.75, 3.05) is 24.5 Å². The first-order valence-corrected chi connectivity index (χ1v) is 9.53. The highest BCUT2D eigenvalue weighted by Crippen LogP contribution is 2.37.